The molecule has 8 heteroatoms. The van der Waals surface area contributed by atoms with Crippen LogP contribution in [0.3, 0.4) is 0 Å². The van der Waals surface area contributed by atoms with Gasteiger partial charge in [0.15, 0.2) is 0 Å². The summed E-state index contributed by atoms with van der Waals surface area (Å²) in [5, 5.41) is 2.83. The predicted octanol–water partition coefficient (Wildman–Crippen LogP) is 3.21. The summed E-state index contributed by atoms with van der Waals surface area (Å²) in [6.45, 7) is 5.05. The Bertz CT molecular complexity index is 897. The second-order valence-corrected chi connectivity index (χ2v) is 8.52. The maximum Gasteiger partial charge on any atom is 0.262 e. The van der Waals surface area contributed by atoms with Gasteiger partial charge in [0.2, 0.25) is 0 Å². The van der Waals surface area contributed by atoms with Crippen LogP contribution in [0, 0.1) is 13.8 Å². The van der Waals surface area contributed by atoms with Crippen LogP contribution in [-0.4, -0.2) is 46.4 Å². The maximum absolute atomic E-state index is 12.8. The number of hydrogen-bond donors (Lipinski definition) is 2. The predicted molar refractivity (Wildman–Crippen MR) is 116 cm³/mol. The van der Waals surface area contributed by atoms with Gasteiger partial charge in [-0.25, -0.2) is 8.42 Å². The molecule has 2 rings (SSSR count). The van der Waals surface area contributed by atoms with Gasteiger partial charge in [-0.05, 0) is 70.7 Å². The molecule has 0 atom stereocenters. The molecule has 0 aliphatic carbocycles. The lowest BCUT2D eigenvalue weighted by molar-refractivity contribution is 0.0952. The van der Waals surface area contributed by atoms with Crippen LogP contribution < -0.4 is 10.0 Å². The van der Waals surface area contributed by atoms with Crippen molar-refractivity contribution in [2.75, 3.05) is 31.9 Å². The molecule has 0 unspecified atom stereocenters. The topological polar surface area (TPSA) is 78.5 Å². The van der Waals surface area contributed by atoms with Crippen molar-refractivity contribution >= 4 is 34.0 Å². The average Bonchev–Trinajstić information content (AvgIpc) is 2.60. The van der Waals surface area contributed by atoms with Gasteiger partial charge in [0.25, 0.3) is 15.9 Å². The van der Waals surface area contributed by atoms with Crippen molar-refractivity contribution in [2.24, 2.45) is 0 Å². The number of aryl methyl sites for hydroxylation is 2. The van der Waals surface area contributed by atoms with E-state index < -0.39 is 10.0 Å². The molecule has 0 spiro atoms. The Morgan fingerprint density at radius 1 is 1.04 bits per heavy atom. The molecule has 0 radical (unpaired) electrons. The number of carbonyl (C=O) groups is 1. The van der Waals surface area contributed by atoms with Gasteiger partial charge in [-0.3, -0.25) is 9.52 Å². The summed E-state index contributed by atoms with van der Waals surface area (Å²) in [5.74, 6) is -0.277. The number of amides is 1. The van der Waals surface area contributed by atoms with E-state index in [1.54, 1.807) is 31.2 Å². The molecule has 0 aliphatic heterocycles. The Morgan fingerprint density at radius 3 is 2.29 bits per heavy atom. The van der Waals surface area contributed by atoms with E-state index in [9.17, 15) is 13.2 Å². The van der Waals surface area contributed by atoms with Crippen LogP contribution in [0.25, 0.3) is 0 Å². The van der Waals surface area contributed by atoms with Crippen LogP contribution in [0.1, 0.15) is 27.9 Å². The SMILES string of the molecule is Cc1ccc(NS(=O)(=O)c2cc(C(=O)NCCCN(C)C)ccc2C)cc1.Cl. The normalized spacial score (nSPS) is 11.0. The molecule has 0 fully saturated rings. The van der Waals surface area contributed by atoms with E-state index in [4.69, 9.17) is 0 Å². The number of benzene rings is 2. The fourth-order valence-corrected chi connectivity index (χ4v) is 3.89. The highest BCUT2D eigenvalue weighted by atomic mass is 35.5. The molecular formula is C20H28ClN3O3S. The number of carbonyl (C=O) groups excluding carboxylic acids is 1. The van der Waals surface area contributed by atoms with E-state index in [1.807, 2.05) is 38.1 Å². The van der Waals surface area contributed by atoms with Gasteiger partial charge >= 0.3 is 0 Å². The van der Waals surface area contributed by atoms with E-state index >= 15 is 0 Å². The monoisotopic (exact) mass is 425 g/mol. The number of halogens is 1. The molecule has 28 heavy (non-hydrogen) atoms. The van der Waals surface area contributed by atoms with Crippen molar-refractivity contribution in [3.63, 3.8) is 0 Å². The van der Waals surface area contributed by atoms with Crippen molar-refractivity contribution in [2.45, 2.75) is 25.2 Å². The second-order valence-electron chi connectivity index (χ2n) is 6.86. The maximum atomic E-state index is 12.8. The number of nitrogens with one attached hydrogen (secondary N) is 2. The zero-order valence-electron chi connectivity index (χ0n) is 16.7. The smallest absolute Gasteiger partial charge is 0.262 e. The minimum Gasteiger partial charge on any atom is -0.352 e. The minimum atomic E-state index is -3.79. The van der Waals surface area contributed by atoms with E-state index in [0.29, 0.717) is 23.4 Å². The second kappa shape index (κ2) is 10.5. The molecule has 2 aromatic rings. The van der Waals surface area contributed by atoms with Gasteiger partial charge in [-0.15, -0.1) is 12.4 Å². The lowest BCUT2D eigenvalue weighted by Gasteiger charge is -2.13. The minimum absolute atomic E-state index is 0. The largest absolute Gasteiger partial charge is 0.352 e. The lowest BCUT2D eigenvalue weighted by Crippen LogP contribution is -2.27. The third kappa shape index (κ3) is 6.82. The number of rotatable bonds is 8. The highest BCUT2D eigenvalue weighted by Crippen LogP contribution is 2.21. The Kier molecular flexibility index (Phi) is 8.94. The van der Waals surface area contributed by atoms with Gasteiger partial charge in [-0.2, -0.15) is 0 Å². The Balaban J connectivity index is 0.00000392. The molecular weight excluding hydrogens is 398 g/mol. The molecule has 2 N–H and O–H groups in total. The molecule has 0 saturated heterocycles. The molecule has 0 aliphatic rings. The van der Waals surface area contributed by atoms with E-state index in [-0.39, 0.29) is 23.2 Å². The van der Waals surface area contributed by atoms with Gasteiger partial charge in [0.1, 0.15) is 0 Å². The molecule has 0 heterocycles. The number of anilines is 1. The van der Waals surface area contributed by atoms with Crippen LogP contribution in [0.15, 0.2) is 47.4 Å². The average molecular weight is 426 g/mol. The summed E-state index contributed by atoms with van der Waals surface area (Å²) >= 11 is 0. The van der Waals surface area contributed by atoms with Gasteiger partial charge in [-0.1, -0.05) is 23.8 Å². The molecule has 0 saturated carbocycles. The summed E-state index contributed by atoms with van der Waals surface area (Å²) in [7, 11) is 0.158. The molecule has 154 valence electrons. The third-order valence-electron chi connectivity index (χ3n) is 4.11. The number of nitrogens with zero attached hydrogens (tertiary/aromatic N) is 1. The van der Waals surface area contributed by atoms with Crippen LogP contribution in [0.5, 0.6) is 0 Å². The summed E-state index contributed by atoms with van der Waals surface area (Å²) in [4.78, 5) is 14.5. The van der Waals surface area contributed by atoms with Crippen molar-refractivity contribution in [3.05, 3.63) is 59.2 Å². The Labute approximate surface area is 173 Å². The van der Waals surface area contributed by atoms with Crippen molar-refractivity contribution in [1.29, 1.82) is 0 Å². The fraction of sp³-hybridized carbons (Fsp3) is 0.350. The fourth-order valence-electron chi connectivity index (χ4n) is 2.56. The summed E-state index contributed by atoms with van der Waals surface area (Å²) in [6.07, 6.45) is 0.824. The lowest BCUT2D eigenvalue weighted by atomic mass is 10.1. The first-order valence-electron chi connectivity index (χ1n) is 8.82. The van der Waals surface area contributed by atoms with E-state index in [0.717, 1.165) is 18.5 Å². The molecule has 6 nitrogen and oxygen atoms in total. The van der Waals surface area contributed by atoms with E-state index in [2.05, 4.69) is 10.0 Å². The number of sulfonamides is 1. The van der Waals surface area contributed by atoms with Crippen LogP contribution in [0.4, 0.5) is 5.69 Å². The van der Waals surface area contributed by atoms with Crippen LogP contribution in [-0.2, 0) is 10.0 Å². The molecule has 1 amide bonds. The zero-order valence-corrected chi connectivity index (χ0v) is 18.3. The summed E-state index contributed by atoms with van der Waals surface area (Å²) < 4.78 is 28.1. The highest BCUT2D eigenvalue weighted by molar-refractivity contribution is 7.92. The summed E-state index contributed by atoms with van der Waals surface area (Å²) in [5.41, 5.74) is 2.44. The molecule has 0 bridgehead atoms. The van der Waals surface area contributed by atoms with Gasteiger partial charge in [0.05, 0.1) is 4.90 Å². The summed E-state index contributed by atoms with van der Waals surface area (Å²) in [6, 6.07) is 11.8. The van der Waals surface area contributed by atoms with E-state index in [1.165, 1.54) is 6.07 Å². The molecule has 2 aromatic carbocycles. The van der Waals surface area contributed by atoms with Gasteiger partial charge < -0.3 is 10.2 Å². The van der Waals surface area contributed by atoms with Crippen LogP contribution in [0.2, 0.25) is 0 Å². The standard InChI is InChI=1S/C20H27N3O3S.ClH/c1-15-6-10-18(11-7-15)22-27(25,26)19-14-17(9-8-16(19)2)20(24)21-12-5-13-23(3)4;/h6-11,14,22H,5,12-13H2,1-4H3,(H,21,24);1H. The first-order valence-corrected chi connectivity index (χ1v) is 10.3. The first-order chi connectivity index (χ1) is 12.7. The Hall–Kier alpha value is -2.09. The first kappa shape index (κ1) is 23.9. The molecule has 0 aromatic heterocycles. The Morgan fingerprint density at radius 2 is 1.68 bits per heavy atom. The van der Waals surface area contributed by atoms with Gasteiger partial charge in [0, 0.05) is 17.8 Å². The number of hydrogen-bond acceptors (Lipinski definition) is 4. The van der Waals surface area contributed by atoms with Crippen molar-refractivity contribution in [1.82, 2.24) is 10.2 Å². The third-order valence-corrected chi connectivity index (χ3v) is 5.63. The quantitative estimate of drug-likeness (QED) is 0.636. The highest BCUT2D eigenvalue weighted by Gasteiger charge is 2.19. The zero-order chi connectivity index (χ0) is 20.0. The van der Waals surface area contributed by atoms with Crippen LogP contribution >= 0.6 is 12.4 Å². The van der Waals surface area contributed by atoms with Crippen molar-refractivity contribution < 1.29 is 13.2 Å². The van der Waals surface area contributed by atoms with Crippen molar-refractivity contribution in [3.8, 4) is 0 Å².